The van der Waals surface area contributed by atoms with E-state index in [4.69, 9.17) is 16.1 Å². The number of hydrogen-bond donors (Lipinski definition) is 1. The predicted octanol–water partition coefficient (Wildman–Crippen LogP) is 2.41. The van der Waals surface area contributed by atoms with Crippen LogP contribution in [0.3, 0.4) is 0 Å². The number of aromatic nitrogens is 1. The molecule has 1 heterocycles. The van der Waals surface area contributed by atoms with Crippen LogP contribution in [0, 0.1) is 19.3 Å². The Bertz CT molecular complexity index is 958. The van der Waals surface area contributed by atoms with Crippen LogP contribution in [0.25, 0.3) is 0 Å². The van der Waals surface area contributed by atoms with Crippen LogP contribution >= 0.6 is 0 Å². The first kappa shape index (κ1) is 20.6. The van der Waals surface area contributed by atoms with Crippen molar-refractivity contribution >= 4 is 17.3 Å². The van der Waals surface area contributed by atoms with Crippen LogP contribution in [0.5, 0.6) is 0 Å². The molecule has 0 saturated carbocycles. The molecule has 1 amide bonds. The quantitative estimate of drug-likeness (QED) is 0.455. The number of carbonyl (C=O) groups excluding carboxylic acids is 1. The van der Waals surface area contributed by atoms with Crippen molar-refractivity contribution in [2.45, 2.75) is 20.5 Å². The Morgan fingerprint density at radius 2 is 2.11 bits per heavy atom. The van der Waals surface area contributed by atoms with E-state index in [-0.39, 0.29) is 18.2 Å². The summed E-state index contributed by atoms with van der Waals surface area (Å²) in [6.07, 6.45) is 7.04. The van der Waals surface area contributed by atoms with Gasteiger partial charge in [-0.25, -0.2) is 0 Å². The van der Waals surface area contributed by atoms with Gasteiger partial charge in [-0.1, -0.05) is 34.4 Å². The molecule has 0 aliphatic rings. The van der Waals surface area contributed by atoms with Gasteiger partial charge >= 0.3 is 0 Å². The topological polar surface area (TPSA) is 85.2 Å². The molecular formula is C21H22N4O3. The Labute approximate surface area is 164 Å². The third-order valence-corrected chi connectivity index (χ3v) is 4.00. The van der Waals surface area contributed by atoms with Crippen molar-refractivity contribution < 1.29 is 14.5 Å². The van der Waals surface area contributed by atoms with E-state index >= 15 is 0 Å². The molecular weight excluding hydrogens is 356 g/mol. The van der Waals surface area contributed by atoms with Crippen LogP contribution in [0.15, 0.2) is 46.8 Å². The number of pyridine rings is 1. The summed E-state index contributed by atoms with van der Waals surface area (Å²) in [5.74, 6) is 2.20. The van der Waals surface area contributed by atoms with Gasteiger partial charge in [0.25, 0.3) is 5.91 Å². The van der Waals surface area contributed by atoms with E-state index in [0.717, 1.165) is 11.1 Å². The standard InChI is InChI=1S/C21H22N4O3/c1-6-16-10-11-23-19(12-16)15(3)24-28-13-18-14(2)8-7-9-17(18)20(25-27-5)21(26)22-4/h1,7-12H,13H2,2-5H3,(H,22,26)/b24-15+,25-20+. The molecule has 7 nitrogen and oxygen atoms in total. The molecule has 0 bridgehead atoms. The Balaban J connectivity index is 2.28. The number of benzene rings is 1. The second-order valence-electron chi connectivity index (χ2n) is 5.83. The molecule has 144 valence electrons. The molecule has 0 spiro atoms. The van der Waals surface area contributed by atoms with Crippen molar-refractivity contribution in [3.63, 3.8) is 0 Å². The maximum atomic E-state index is 12.2. The fourth-order valence-electron chi connectivity index (χ4n) is 2.50. The average molecular weight is 378 g/mol. The van der Waals surface area contributed by atoms with Crippen LogP contribution in [0.4, 0.5) is 0 Å². The first-order valence-electron chi connectivity index (χ1n) is 8.53. The molecule has 0 radical (unpaired) electrons. The number of nitrogens with one attached hydrogen (secondary N) is 1. The molecule has 2 rings (SSSR count). The van der Waals surface area contributed by atoms with E-state index < -0.39 is 0 Å². The van der Waals surface area contributed by atoms with Crippen LogP contribution in [0.2, 0.25) is 0 Å². The van der Waals surface area contributed by atoms with E-state index in [0.29, 0.717) is 22.5 Å². The zero-order chi connectivity index (χ0) is 20.5. The van der Waals surface area contributed by atoms with Crippen molar-refractivity contribution in [2.75, 3.05) is 14.2 Å². The molecule has 0 fully saturated rings. The highest BCUT2D eigenvalue weighted by Gasteiger charge is 2.19. The first-order valence-corrected chi connectivity index (χ1v) is 8.53. The number of rotatable bonds is 7. The highest BCUT2D eigenvalue weighted by atomic mass is 16.6. The number of likely N-dealkylation sites (N-methyl/N-ethyl adjacent to an activating group) is 1. The second kappa shape index (κ2) is 9.88. The molecule has 0 aliphatic heterocycles. The SMILES string of the molecule is C#Cc1ccnc(/C(C)=N/OCc2c(C)cccc2/C(=N\OC)C(=O)NC)c1. The number of oxime groups is 2. The molecule has 2 aromatic rings. The van der Waals surface area contributed by atoms with Gasteiger partial charge in [-0.05, 0) is 31.5 Å². The maximum Gasteiger partial charge on any atom is 0.273 e. The number of nitrogens with zero attached hydrogens (tertiary/aromatic N) is 3. The van der Waals surface area contributed by atoms with Crippen molar-refractivity contribution in [3.05, 3.63) is 64.5 Å². The number of amides is 1. The van der Waals surface area contributed by atoms with Crippen LogP contribution in [-0.2, 0) is 21.1 Å². The smallest absolute Gasteiger partial charge is 0.273 e. The summed E-state index contributed by atoms with van der Waals surface area (Å²) in [7, 11) is 2.92. The van der Waals surface area contributed by atoms with Gasteiger partial charge in [0.05, 0.1) is 5.69 Å². The van der Waals surface area contributed by atoms with Gasteiger partial charge in [0, 0.05) is 29.9 Å². The monoisotopic (exact) mass is 378 g/mol. The van der Waals surface area contributed by atoms with Gasteiger partial charge < -0.3 is 15.0 Å². The van der Waals surface area contributed by atoms with Crippen LogP contribution in [-0.4, -0.2) is 36.5 Å². The number of hydrogen-bond acceptors (Lipinski definition) is 6. The molecule has 1 aromatic heterocycles. The zero-order valence-corrected chi connectivity index (χ0v) is 16.3. The van der Waals surface area contributed by atoms with E-state index in [1.165, 1.54) is 14.2 Å². The van der Waals surface area contributed by atoms with Gasteiger partial charge in [0.2, 0.25) is 0 Å². The Morgan fingerprint density at radius 3 is 2.79 bits per heavy atom. The zero-order valence-electron chi connectivity index (χ0n) is 16.3. The third-order valence-electron chi connectivity index (χ3n) is 4.00. The second-order valence-corrected chi connectivity index (χ2v) is 5.83. The predicted molar refractivity (Wildman–Crippen MR) is 108 cm³/mol. The maximum absolute atomic E-state index is 12.2. The summed E-state index contributed by atoms with van der Waals surface area (Å²) in [5.41, 5.74) is 4.43. The third kappa shape index (κ3) is 4.95. The van der Waals surface area contributed by atoms with E-state index in [1.807, 2.05) is 19.1 Å². The minimum Gasteiger partial charge on any atom is -0.398 e. The lowest BCUT2D eigenvalue weighted by Crippen LogP contribution is -2.29. The summed E-state index contributed by atoms with van der Waals surface area (Å²) in [6, 6.07) is 9.05. The average Bonchev–Trinajstić information content (AvgIpc) is 2.72. The minimum absolute atomic E-state index is 0.147. The summed E-state index contributed by atoms with van der Waals surface area (Å²) in [5, 5.41) is 10.6. The summed E-state index contributed by atoms with van der Waals surface area (Å²) >= 11 is 0. The van der Waals surface area contributed by atoms with Gasteiger partial charge in [-0.15, -0.1) is 6.42 Å². The van der Waals surface area contributed by atoms with Crippen molar-refractivity contribution in [2.24, 2.45) is 10.3 Å². The number of carbonyl (C=O) groups is 1. The van der Waals surface area contributed by atoms with Crippen molar-refractivity contribution in [1.29, 1.82) is 0 Å². The normalized spacial score (nSPS) is 11.5. The Morgan fingerprint density at radius 1 is 1.32 bits per heavy atom. The molecule has 0 atom stereocenters. The fourth-order valence-corrected chi connectivity index (χ4v) is 2.50. The highest BCUT2D eigenvalue weighted by Crippen LogP contribution is 2.17. The summed E-state index contributed by atoms with van der Waals surface area (Å²) in [6.45, 7) is 3.85. The fraction of sp³-hybridized carbons (Fsp3) is 0.238. The lowest BCUT2D eigenvalue weighted by atomic mass is 9.98. The minimum atomic E-state index is -0.358. The number of terminal acetylenes is 1. The van der Waals surface area contributed by atoms with E-state index in [2.05, 4.69) is 26.5 Å². The Kier molecular flexibility index (Phi) is 7.28. The van der Waals surface area contributed by atoms with Gasteiger partial charge in [0.1, 0.15) is 19.4 Å². The molecule has 0 saturated heterocycles. The largest absolute Gasteiger partial charge is 0.398 e. The van der Waals surface area contributed by atoms with Crippen LogP contribution < -0.4 is 5.32 Å². The number of aryl methyl sites for hydroxylation is 1. The molecule has 1 aromatic carbocycles. The lowest BCUT2D eigenvalue weighted by molar-refractivity contribution is -0.114. The van der Waals surface area contributed by atoms with E-state index in [9.17, 15) is 4.79 Å². The summed E-state index contributed by atoms with van der Waals surface area (Å²) < 4.78 is 0. The Hall–Kier alpha value is -3.66. The van der Waals surface area contributed by atoms with Gasteiger partial charge in [0.15, 0.2) is 5.71 Å². The molecule has 0 unspecified atom stereocenters. The molecule has 28 heavy (non-hydrogen) atoms. The first-order chi connectivity index (χ1) is 13.5. The van der Waals surface area contributed by atoms with Gasteiger partial charge in [-0.2, -0.15) is 0 Å². The highest BCUT2D eigenvalue weighted by molar-refractivity contribution is 6.45. The molecule has 0 aliphatic carbocycles. The summed E-state index contributed by atoms with van der Waals surface area (Å²) in [4.78, 5) is 26.8. The van der Waals surface area contributed by atoms with Crippen LogP contribution in [0.1, 0.15) is 34.9 Å². The van der Waals surface area contributed by atoms with Crippen molar-refractivity contribution in [3.8, 4) is 12.3 Å². The lowest BCUT2D eigenvalue weighted by Gasteiger charge is -2.13. The van der Waals surface area contributed by atoms with Crippen molar-refractivity contribution in [1.82, 2.24) is 10.3 Å². The molecule has 1 N–H and O–H groups in total. The molecule has 7 heteroatoms. The van der Waals surface area contributed by atoms with Gasteiger partial charge in [-0.3, -0.25) is 9.78 Å². The van der Waals surface area contributed by atoms with E-state index in [1.54, 1.807) is 31.3 Å².